The molecule has 1 aliphatic heterocycles. The lowest BCUT2D eigenvalue weighted by molar-refractivity contribution is -0.145. The number of aromatic amines is 1. The lowest BCUT2D eigenvalue weighted by Gasteiger charge is -2.30. The second-order valence-corrected chi connectivity index (χ2v) is 8.89. The number of imidazole rings is 1. The Morgan fingerprint density at radius 2 is 1.89 bits per heavy atom. The highest BCUT2D eigenvalue weighted by Crippen LogP contribution is 2.20. The number of carboxylic acid groups (broad SMARTS) is 1. The molecule has 5 atom stereocenters. The maximum absolute atomic E-state index is 13.5. The number of carbonyl (C=O) groups excluding carboxylic acids is 3. The van der Waals surface area contributed by atoms with Gasteiger partial charge in [0, 0.05) is 31.3 Å². The van der Waals surface area contributed by atoms with E-state index in [1.807, 2.05) is 6.07 Å². The van der Waals surface area contributed by atoms with Crippen LogP contribution in [0.4, 0.5) is 0 Å². The molecule has 1 aromatic heterocycles. The zero-order valence-electron chi connectivity index (χ0n) is 20.0. The number of aliphatic hydroxyl groups excluding tert-OH is 1. The third-order valence-corrected chi connectivity index (χ3v) is 6.15. The van der Waals surface area contributed by atoms with Crippen LogP contribution in [0.15, 0.2) is 42.9 Å². The molecule has 194 valence electrons. The monoisotopic (exact) mass is 500 g/mol. The molecule has 0 aliphatic carbocycles. The molecule has 1 aliphatic rings. The van der Waals surface area contributed by atoms with Crippen molar-refractivity contribution in [1.82, 2.24) is 25.5 Å². The lowest BCUT2D eigenvalue weighted by Crippen LogP contribution is -2.58. The van der Waals surface area contributed by atoms with Crippen molar-refractivity contribution in [3.63, 3.8) is 0 Å². The van der Waals surface area contributed by atoms with Crippen LogP contribution in [0.3, 0.4) is 0 Å². The Kier molecular flexibility index (Phi) is 9.14. The van der Waals surface area contributed by atoms with Crippen molar-refractivity contribution in [2.45, 2.75) is 62.9 Å². The van der Waals surface area contributed by atoms with E-state index in [4.69, 9.17) is 5.73 Å². The van der Waals surface area contributed by atoms with E-state index in [1.54, 1.807) is 24.3 Å². The number of aromatic nitrogens is 2. The molecule has 0 bridgehead atoms. The predicted octanol–water partition coefficient (Wildman–Crippen LogP) is -1.05. The zero-order chi connectivity index (χ0) is 26.2. The van der Waals surface area contributed by atoms with Crippen LogP contribution in [-0.2, 0) is 32.0 Å². The van der Waals surface area contributed by atoms with Gasteiger partial charge in [-0.05, 0) is 25.3 Å². The van der Waals surface area contributed by atoms with Gasteiger partial charge >= 0.3 is 5.97 Å². The van der Waals surface area contributed by atoms with E-state index in [9.17, 15) is 29.4 Å². The number of hydrogen-bond acceptors (Lipinski definition) is 7. The number of rotatable bonds is 11. The first-order chi connectivity index (χ1) is 17.2. The van der Waals surface area contributed by atoms with Crippen LogP contribution in [0.1, 0.15) is 31.0 Å². The number of nitrogens with zero attached hydrogens (tertiary/aromatic N) is 2. The number of aliphatic carboxylic acids is 1. The Morgan fingerprint density at radius 3 is 2.50 bits per heavy atom. The Hall–Kier alpha value is -3.77. The SMILES string of the molecule is CC(O)C(N)C(=O)NC(Cc1cnc[nH]1)C(=O)N1CCCC1C(=O)NC(Cc1ccccc1)C(=O)O. The summed E-state index contributed by atoms with van der Waals surface area (Å²) < 4.78 is 0. The standard InChI is InChI=1S/C24H32N6O6/c1-14(31)20(25)22(33)28-17(11-16-12-26-13-27-16)23(34)30-9-5-8-19(30)21(32)29-18(24(35)36)10-15-6-3-2-4-7-15/h2-4,6-7,12-14,17-20,31H,5,8-11,25H2,1H3,(H,26,27)(H,28,33)(H,29,32)(H,35,36). The number of aliphatic hydroxyl groups is 1. The molecule has 1 fully saturated rings. The Balaban J connectivity index is 1.74. The fourth-order valence-corrected chi connectivity index (χ4v) is 4.12. The van der Waals surface area contributed by atoms with Gasteiger partial charge in [-0.3, -0.25) is 14.4 Å². The number of hydrogen-bond donors (Lipinski definition) is 6. The highest BCUT2D eigenvalue weighted by molar-refractivity contribution is 5.94. The summed E-state index contributed by atoms with van der Waals surface area (Å²) in [5, 5.41) is 24.4. The summed E-state index contributed by atoms with van der Waals surface area (Å²) in [7, 11) is 0. The van der Waals surface area contributed by atoms with Crippen molar-refractivity contribution in [2.75, 3.05) is 6.54 Å². The van der Waals surface area contributed by atoms with Crippen LogP contribution in [0.25, 0.3) is 0 Å². The summed E-state index contributed by atoms with van der Waals surface area (Å²) in [6, 6.07) is 4.55. The fourth-order valence-electron chi connectivity index (χ4n) is 4.12. The van der Waals surface area contributed by atoms with Gasteiger partial charge < -0.3 is 36.5 Å². The summed E-state index contributed by atoms with van der Waals surface area (Å²) in [5.41, 5.74) is 7.06. The molecule has 36 heavy (non-hydrogen) atoms. The van der Waals surface area contributed by atoms with E-state index in [0.717, 1.165) is 5.56 Å². The maximum atomic E-state index is 13.5. The number of amides is 3. The minimum absolute atomic E-state index is 0.0632. The van der Waals surface area contributed by atoms with E-state index in [0.29, 0.717) is 18.5 Å². The largest absolute Gasteiger partial charge is 0.480 e. The molecule has 3 rings (SSSR count). The summed E-state index contributed by atoms with van der Waals surface area (Å²) in [6.45, 7) is 1.64. The number of carbonyl (C=O) groups is 4. The zero-order valence-corrected chi connectivity index (χ0v) is 20.0. The number of carboxylic acids is 1. The average Bonchev–Trinajstić information content (AvgIpc) is 3.55. The highest BCUT2D eigenvalue weighted by Gasteiger charge is 2.39. The van der Waals surface area contributed by atoms with Crippen LogP contribution >= 0.6 is 0 Å². The van der Waals surface area contributed by atoms with Crippen molar-refractivity contribution < 1.29 is 29.4 Å². The Labute approximate surface area is 208 Å². The fraction of sp³-hybridized carbons (Fsp3) is 0.458. The predicted molar refractivity (Wildman–Crippen MR) is 128 cm³/mol. The summed E-state index contributed by atoms with van der Waals surface area (Å²) in [4.78, 5) is 59.1. The molecule has 12 heteroatoms. The van der Waals surface area contributed by atoms with Gasteiger partial charge in [0.05, 0.1) is 12.4 Å². The van der Waals surface area contributed by atoms with Crippen LogP contribution < -0.4 is 16.4 Å². The van der Waals surface area contributed by atoms with Gasteiger partial charge in [0.2, 0.25) is 17.7 Å². The number of benzene rings is 1. The van der Waals surface area contributed by atoms with Gasteiger partial charge in [-0.15, -0.1) is 0 Å². The lowest BCUT2D eigenvalue weighted by atomic mass is 10.0. The Bertz CT molecular complexity index is 1040. The van der Waals surface area contributed by atoms with Crippen LogP contribution in [0.5, 0.6) is 0 Å². The molecule has 0 spiro atoms. The van der Waals surface area contributed by atoms with E-state index in [2.05, 4.69) is 20.6 Å². The topological polar surface area (TPSA) is 191 Å². The van der Waals surface area contributed by atoms with Crippen LogP contribution in [-0.4, -0.2) is 85.6 Å². The maximum Gasteiger partial charge on any atom is 0.326 e. The molecule has 7 N–H and O–H groups in total. The molecule has 2 heterocycles. The van der Waals surface area contributed by atoms with Gasteiger partial charge in [-0.25, -0.2) is 9.78 Å². The van der Waals surface area contributed by atoms with E-state index in [1.165, 1.54) is 24.3 Å². The third-order valence-electron chi connectivity index (χ3n) is 6.15. The van der Waals surface area contributed by atoms with Gasteiger partial charge in [0.15, 0.2) is 0 Å². The van der Waals surface area contributed by atoms with Crippen molar-refractivity contribution in [1.29, 1.82) is 0 Å². The molecule has 12 nitrogen and oxygen atoms in total. The summed E-state index contributed by atoms with van der Waals surface area (Å²) >= 11 is 0. The Morgan fingerprint density at radius 1 is 1.17 bits per heavy atom. The number of H-pyrrole nitrogens is 1. The first-order valence-electron chi connectivity index (χ1n) is 11.8. The highest BCUT2D eigenvalue weighted by atomic mass is 16.4. The average molecular weight is 501 g/mol. The normalized spacial score (nSPS) is 18.6. The molecule has 2 aromatic rings. The van der Waals surface area contributed by atoms with Gasteiger partial charge in [0.1, 0.15) is 24.2 Å². The smallest absolute Gasteiger partial charge is 0.326 e. The molecule has 1 aromatic carbocycles. The molecular formula is C24H32N6O6. The van der Waals surface area contributed by atoms with Crippen molar-refractivity contribution >= 4 is 23.7 Å². The second-order valence-electron chi connectivity index (χ2n) is 8.89. The second kappa shape index (κ2) is 12.3. The molecule has 1 saturated heterocycles. The van der Waals surface area contributed by atoms with Crippen molar-refractivity contribution in [3.8, 4) is 0 Å². The number of likely N-dealkylation sites (tertiary alicyclic amines) is 1. The van der Waals surface area contributed by atoms with Gasteiger partial charge in [-0.2, -0.15) is 0 Å². The van der Waals surface area contributed by atoms with Gasteiger partial charge in [-0.1, -0.05) is 30.3 Å². The number of nitrogens with one attached hydrogen (secondary N) is 3. The summed E-state index contributed by atoms with van der Waals surface area (Å²) in [6.07, 6.45) is 2.87. The van der Waals surface area contributed by atoms with E-state index < -0.39 is 54.0 Å². The number of nitrogens with two attached hydrogens (primary N) is 1. The molecule has 5 unspecified atom stereocenters. The molecule has 3 amide bonds. The molecular weight excluding hydrogens is 468 g/mol. The van der Waals surface area contributed by atoms with E-state index in [-0.39, 0.29) is 19.4 Å². The quantitative estimate of drug-likeness (QED) is 0.225. The third kappa shape index (κ3) is 6.89. The van der Waals surface area contributed by atoms with Crippen LogP contribution in [0, 0.1) is 0 Å². The summed E-state index contributed by atoms with van der Waals surface area (Å²) in [5.74, 6) is -2.98. The molecule has 0 radical (unpaired) electrons. The van der Waals surface area contributed by atoms with Gasteiger partial charge in [0.25, 0.3) is 0 Å². The molecule has 0 saturated carbocycles. The van der Waals surface area contributed by atoms with Crippen LogP contribution in [0.2, 0.25) is 0 Å². The first kappa shape index (κ1) is 26.8. The first-order valence-corrected chi connectivity index (χ1v) is 11.8. The van der Waals surface area contributed by atoms with E-state index >= 15 is 0 Å². The van der Waals surface area contributed by atoms with Crippen molar-refractivity contribution in [2.24, 2.45) is 5.73 Å². The van der Waals surface area contributed by atoms with Crippen molar-refractivity contribution in [3.05, 3.63) is 54.1 Å². The minimum atomic E-state index is -1.24. The minimum Gasteiger partial charge on any atom is -0.480 e.